The summed E-state index contributed by atoms with van der Waals surface area (Å²) in [7, 11) is 1.09. The van der Waals surface area contributed by atoms with Crippen molar-refractivity contribution in [2.24, 2.45) is 12.9 Å². The van der Waals surface area contributed by atoms with Gasteiger partial charge in [-0.25, -0.2) is 10.8 Å². The van der Waals surface area contributed by atoms with Crippen LogP contribution < -0.4 is 21.9 Å². The molecule has 0 bridgehead atoms. The number of hydrogen-bond donors (Lipinski definition) is 2. The van der Waals surface area contributed by atoms with Gasteiger partial charge < -0.3 is 15.1 Å². The van der Waals surface area contributed by atoms with Gasteiger partial charge in [-0.1, -0.05) is 0 Å². The summed E-state index contributed by atoms with van der Waals surface area (Å²) in [6, 6.07) is -0.909. The minimum atomic E-state index is -1.05. The van der Waals surface area contributed by atoms with Crippen molar-refractivity contribution >= 4 is 11.5 Å². The number of nitrogens with two attached hydrogens (primary N) is 1. The zero-order valence-corrected chi connectivity index (χ0v) is 7.05. The topological polar surface area (TPSA) is 139 Å². The lowest BCUT2D eigenvalue weighted by Gasteiger charge is -2.11. The van der Waals surface area contributed by atoms with Crippen molar-refractivity contribution in [3.05, 3.63) is 20.5 Å². The van der Waals surface area contributed by atoms with Crippen LogP contribution in [0, 0.1) is 10.1 Å². The lowest BCUT2D eigenvalue weighted by Crippen LogP contribution is -2.27. The van der Waals surface area contributed by atoms with Gasteiger partial charge in [-0.05, 0) is 0 Å². The Hall–Kier alpha value is -2.16. The van der Waals surface area contributed by atoms with Crippen LogP contribution in [0.25, 0.3) is 0 Å². The first-order valence-corrected chi connectivity index (χ1v) is 3.38. The molecule has 1 rings (SSSR count). The molecule has 1 heterocycles. The summed E-state index contributed by atoms with van der Waals surface area (Å²) < 4.78 is 0.527. The van der Waals surface area contributed by atoms with Crippen LogP contribution in [-0.2, 0) is 7.05 Å². The number of nitrogens with one attached hydrogen (secondary N) is 1. The van der Waals surface area contributed by atoms with Gasteiger partial charge in [-0.3, -0.25) is 14.9 Å². The van der Waals surface area contributed by atoms with Gasteiger partial charge in [-0.15, -0.1) is 0 Å². The van der Waals surface area contributed by atoms with E-state index in [0.29, 0.717) is 4.57 Å². The number of nitrogens with zero attached hydrogens (tertiary/aromatic N) is 3. The normalized spacial score (nSPS) is 9.86. The fourth-order valence-corrected chi connectivity index (χ4v) is 0.836. The molecule has 0 unspecified atom stereocenters. The fourth-order valence-electron chi connectivity index (χ4n) is 0.836. The van der Waals surface area contributed by atoms with Gasteiger partial charge in [0.2, 0.25) is 5.82 Å². The van der Waals surface area contributed by atoms with Crippen molar-refractivity contribution in [3.8, 4) is 6.01 Å². The quantitative estimate of drug-likeness (QED) is 0.321. The Morgan fingerprint density at radius 1 is 1.64 bits per heavy atom. The van der Waals surface area contributed by atoms with E-state index in [1.807, 2.05) is 5.43 Å². The summed E-state index contributed by atoms with van der Waals surface area (Å²) in [5.41, 5.74) is -0.0854. The first-order chi connectivity index (χ1) is 6.49. The molecule has 0 amide bonds. The molecule has 0 saturated carbocycles. The zero-order chi connectivity index (χ0) is 10.9. The molecule has 1 aromatic heterocycles. The summed E-state index contributed by atoms with van der Waals surface area (Å²) in [6.07, 6.45) is 0. The Kier molecular flexibility index (Phi) is 2.34. The van der Waals surface area contributed by atoms with Crippen molar-refractivity contribution in [1.82, 2.24) is 9.55 Å². The predicted octanol–water partition coefficient (Wildman–Crippen LogP) is -1.95. The van der Waals surface area contributed by atoms with Gasteiger partial charge in [0.05, 0.1) is 10.9 Å². The molecule has 0 aliphatic carbocycles. The van der Waals surface area contributed by atoms with Crippen molar-refractivity contribution in [1.29, 1.82) is 0 Å². The van der Waals surface area contributed by atoms with E-state index in [1.165, 1.54) is 0 Å². The van der Waals surface area contributed by atoms with E-state index in [4.69, 9.17) is 5.84 Å². The lowest BCUT2D eigenvalue weighted by atomic mass is 10.5. The highest BCUT2D eigenvalue weighted by atomic mass is 16.6. The minimum Gasteiger partial charge on any atom is -0.846 e. The molecule has 0 aromatic carbocycles. The molecular weight excluding hydrogens is 194 g/mol. The minimum absolute atomic E-state index is 0.527. The Bertz CT molecular complexity index is 438. The molecule has 14 heavy (non-hydrogen) atoms. The maximum atomic E-state index is 11.2. The van der Waals surface area contributed by atoms with Crippen LogP contribution in [0.1, 0.15) is 0 Å². The largest absolute Gasteiger partial charge is 0.846 e. The highest BCUT2D eigenvalue weighted by Gasteiger charge is 2.21. The first kappa shape index (κ1) is 9.92. The molecule has 0 saturated heterocycles. The Morgan fingerprint density at radius 2 is 2.21 bits per heavy atom. The van der Waals surface area contributed by atoms with Gasteiger partial charge in [0.15, 0.2) is 0 Å². The monoisotopic (exact) mass is 200 g/mol. The highest BCUT2D eigenvalue weighted by molar-refractivity contribution is 5.53. The molecule has 0 atom stereocenters. The molecule has 9 nitrogen and oxygen atoms in total. The van der Waals surface area contributed by atoms with Crippen LogP contribution in [0.15, 0.2) is 4.79 Å². The summed E-state index contributed by atoms with van der Waals surface area (Å²) >= 11 is 0. The van der Waals surface area contributed by atoms with Crippen molar-refractivity contribution < 1.29 is 10.0 Å². The van der Waals surface area contributed by atoms with Gasteiger partial charge in [-0.2, -0.15) is 0 Å². The second kappa shape index (κ2) is 3.30. The maximum absolute atomic E-state index is 11.2. The van der Waals surface area contributed by atoms with E-state index in [1.54, 1.807) is 0 Å². The molecule has 0 spiro atoms. The Balaban J connectivity index is 3.62. The number of nitro groups is 1. The second-order valence-corrected chi connectivity index (χ2v) is 2.36. The SMILES string of the molecule is Cn1c([O-])nc(NN)c([N+](=O)[O-])c1=O. The smallest absolute Gasteiger partial charge is 0.377 e. The molecule has 1 aromatic rings. The summed E-state index contributed by atoms with van der Waals surface area (Å²) in [5.74, 6) is 4.33. The van der Waals surface area contributed by atoms with Crippen molar-refractivity contribution in [2.75, 3.05) is 5.43 Å². The maximum Gasteiger partial charge on any atom is 0.377 e. The molecule has 0 aliphatic heterocycles. The number of anilines is 1. The van der Waals surface area contributed by atoms with E-state index in [9.17, 15) is 20.0 Å². The number of rotatable bonds is 2. The summed E-state index contributed by atoms with van der Waals surface area (Å²) in [5, 5.41) is 21.3. The number of nitrogen functional groups attached to an aromatic ring is 1. The van der Waals surface area contributed by atoms with Crippen LogP contribution >= 0.6 is 0 Å². The van der Waals surface area contributed by atoms with E-state index in [-0.39, 0.29) is 0 Å². The van der Waals surface area contributed by atoms with Gasteiger partial charge in [0.1, 0.15) is 0 Å². The molecule has 0 fully saturated rings. The predicted molar refractivity (Wildman–Crippen MR) is 43.4 cm³/mol. The number of hydrogen-bond acceptors (Lipinski definition) is 7. The second-order valence-electron chi connectivity index (χ2n) is 2.36. The third-order valence-corrected chi connectivity index (χ3v) is 1.55. The van der Waals surface area contributed by atoms with Crippen LogP contribution in [0.4, 0.5) is 11.5 Å². The molecule has 0 radical (unpaired) electrons. The molecule has 0 aliphatic rings. The van der Waals surface area contributed by atoms with E-state index in [2.05, 4.69) is 4.98 Å². The zero-order valence-electron chi connectivity index (χ0n) is 7.05. The van der Waals surface area contributed by atoms with E-state index >= 15 is 0 Å². The molecule has 76 valence electrons. The Labute approximate surface area is 76.9 Å². The first-order valence-electron chi connectivity index (χ1n) is 3.38. The third kappa shape index (κ3) is 1.35. The molecule has 3 N–H and O–H groups in total. The van der Waals surface area contributed by atoms with Crippen LogP contribution in [0.5, 0.6) is 6.01 Å². The van der Waals surface area contributed by atoms with Crippen molar-refractivity contribution in [3.63, 3.8) is 0 Å². The standard InChI is InChI=1S/C5H7N5O4/c1-9-4(11)2(10(13)14)3(8-6)7-5(9)12/h8H,6H2,1H3,(H,7,12)/p-1. The number of aromatic nitrogens is 2. The Morgan fingerprint density at radius 3 is 2.64 bits per heavy atom. The van der Waals surface area contributed by atoms with Crippen LogP contribution in [0.2, 0.25) is 0 Å². The fraction of sp³-hybridized carbons (Fsp3) is 0.200. The summed E-state index contributed by atoms with van der Waals surface area (Å²) in [4.78, 5) is 23.9. The lowest BCUT2D eigenvalue weighted by molar-refractivity contribution is -0.386. The van der Waals surface area contributed by atoms with Crippen LogP contribution in [0.3, 0.4) is 0 Å². The van der Waals surface area contributed by atoms with Gasteiger partial charge in [0, 0.05) is 7.05 Å². The molecule has 9 heteroatoms. The van der Waals surface area contributed by atoms with Gasteiger partial charge >= 0.3 is 11.2 Å². The van der Waals surface area contributed by atoms with E-state index in [0.717, 1.165) is 7.05 Å². The van der Waals surface area contributed by atoms with E-state index < -0.39 is 28.0 Å². The van der Waals surface area contributed by atoms with Crippen LogP contribution in [-0.4, -0.2) is 14.5 Å². The van der Waals surface area contributed by atoms with Crippen molar-refractivity contribution in [2.45, 2.75) is 0 Å². The average molecular weight is 200 g/mol. The highest BCUT2D eigenvalue weighted by Crippen LogP contribution is 2.16. The summed E-state index contributed by atoms with van der Waals surface area (Å²) in [6.45, 7) is 0. The molecular formula is C5H6N5O4-. The number of hydrazine groups is 1. The van der Waals surface area contributed by atoms with Gasteiger partial charge in [0.25, 0.3) is 0 Å². The third-order valence-electron chi connectivity index (χ3n) is 1.55. The average Bonchev–Trinajstić information content (AvgIpc) is 2.12.